The molecule has 2 aromatic carbocycles. The average molecular weight is 344 g/mol. The topological polar surface area (TPSA) is 105 Å². The number of carbonyl (C=O) groups excluding carboxylic acids is 3. The average Bonchev–Trinajstić information content (AvgIpc) is 2.60. The third kappa shape index (κ3) is 4.69. The number of hydrogen-bond acceptors (Lipinski definition) is 5. The molecule has 3 N–H and O–H groups in total. The molecule has 0 aromatic heterocycles. The van der Waals surface area contributed by atoms with E-state index in [1.54, 1.807) is 31.2 Å². The number of phenolic OH excluding ortho intramolecular Hbond substituents is 1. The number of ether oxygens (including phenoxy) is 1. The van der Waals surface area contributed by atoms with Crippen molar-refractivity contribution in [2.45, 2.75) is 26.3 Å². The molecule has 0 saturated heterocycles. The van der Waals surface area contributed by atoms with Gasteiger partial charge in [-0.2, -0.15) is 0 Å². The first-order valence-corrected chi connectivity index (χ1v) is 7.90. The van der Waals surface area contributed by atoms with E-state index in [9.17, 15) is 19.5 Å². The Morgan fingerprint density at radius 1 is 1.16 bits per heavy atom. The molecule has 0 aliphatic rings. The maximum atomic E-state index is 12.1. The van der Waals surface area contributed by atoms with Crippen molar-refractivity contribution in [1.82, 2.24) is 10.6 Å². The number of nitrogens with one attached hydrogen (secondary N) is 2. The Bertz CT molecular complexity index is 803. The van der Waals surface area contributed by atoms with Gasteiger partial charge >= 0.3 is 12.0 Å². The third-order valence-electron chi connectivity index (χ3n) is 3.70. The molecule has 0 fully saturated rings. The summed E-state index contributed by atoms with van der Waals surface area (Å²) in [4.78, 5) is 35.2. The van der Waals surface area contributed by atoms with Crippen LogP contribution in [0.4, 0.5) is 4.79 Å². The first-order chi connectivity index (χ1) is 11.9. The lowest BCUT2D eigenvalue weighted by Crippen LogP contribution is -2.44. The van der Waals surface area contributed by atoms with Gasteiger partial charge in [0.25, 0.3) is 5.91 Å². The summed E-state index contributed by atoms with van der Waals surface area (Å²) in [7, 11) is 0. The van der Waals surface area contributed by atoms with Gasteiger partial charge in [0.2, 0.25) is 0 Å². The lowest BCUT2D eigenvalue weighted by Gasteiger charge is -2.12. The van der Waals surface area contributed by atoms with Crippen LogP contribution in [0.3, 0.4) is 0 Å². The third-order valence-corrected chi connectivity index (χ3v) is 3.70. The van der Waals surface area contributed by atoms with Crippen molar-refractivity contribution in [2.24, 2.45) is 0 Å². The molecule has 0 bridgehead atoms. The highest BCUT2D eigenvalue weighted by molar-refractivity contribution is 6.02. The van der Waals surface area contributed by atoms with Crippen molar-refractivity contribution >= 4 is 28.7 Å². The van der Waals surface area contributed by atoms with E-state index < -0.39 is 24.5 Å². The molecular weight excluding hydrogens is 324 g/mol. The molecule has 25 heavy (non-hydrogen) atoms. The number of benzene rings is 2. The van der Waals surface area contributed by atoms with E-state index >= 15 is 0 Å². The Hall–Kier alpha value is -3.09. The van der Waals surface area contributed by atoms with Crippen molar-refractivity contribution in [2.75, 3.05) is 6.61 Å². The zero-order chi connectivity index (χ0) is 18.4. The predicted molar refractivity (Wildman–Crippen MR) is 92.3 cm³/mol. The first-order valence-electron chi connectivity index (χ1n) is 7.90. The number of imide groups is 1. The van der Waals surface area contributed by atoms with Crippen molar-refractivity contribution in [3.63, 3.8) is 0 Å². The smallest absolute Gasteiger partial charge is 0.342 e. The summed E-state index contributed by atoms with van der Waals surface area (Å²) in [6.45, 7) is 3.07. The minimum atomic E-state index is -0.847. The standard InChI is InChI=1S/C18H20N2O5/c1-3-11(2)19-18(24)20-15(21)10-25-17(23)14-9-8-12-6-4-5-7-13(12)16(14)22/h4-9,11,22H,3,10H2,1-2H3,(H2,19,20,21,24)/t11-/m1/s1. The molecular formula is C18H20N2O5. The Morgan fingerprint density at radius 3 is 2.60 bits per heavy atom. The van der Waals surface area contributed by atoms with E-state index in [-0.39, 0.29) is 17.4 Å². The van der Waals surface area contributed by atoms with Crippen LogP contribution in [-0.4, -0.2) is 35.7 Å². The molecule has 0 aliphatic heterocycles. The molecule has 132 valence electrons. The van der Waals surface area contributed by atoms with Gasteiger partial charge in [-0.3, -0.25) is 10.1 Å². The van der Waals surface area contributed by atoms with Crippen molar-refractivity contribution in [1.29, 1.82) is 0 Å². The zero-order valence-electron chi connectivity index (χ0n) is 14.0. The van der Waals surface area contributed by atoms with E-state index in [1.807, 2.05) is 13.0 Å². The molecule has 0 unspecified atom stereocenters. The molecule has 2 aromatic rings. The van der Waals surface area contributed by atoms with Crippen LogP contribution >= 0.6 is 0 Å². The largest absolute Gasteiger partial charge is 0.506 e. The monoisotopic (exact) mass is 344 g/mol. The van der Waals surface area contributed by atoms with Gasteiger partial charge in [-0.25, -0.2) is 9.59 Å². The second kappa shape index (κ2) is 8.14. The van der Waals surface area contributed by atoms with Gasteiger partial charge in [0.15, 0.2) is 6.61 Å². The Labute approximate surface area is 145 Å². The summed E-state index contributed by atoms with van der Waals surface area (Å²) in [6, 6.07) is 9.39. The van der Waals surface area contributed by atoms with Gasteiger partial charge in [0, 0.05) is 11.4 Å². The molecule has 7 heteroatoms. The van der Waals surface area contributed by atoms with Gasteiger partial charge in [-0.1, -0.05) is 37.3 Å². The highest BCUT2D eigenvalue weighted by Crippen LogP contribution is 2.28. The molecule has 1 atom stereocenters. The number of phenols is 1. The normalized spacial score (nSPS) is 11.6. The number of urea groups is 1. The Kier molecular flexibility index (Phi) is 5.94. The molecule has 0 heterocycles. The molecule has 0 aliphatic carbocycles. The van der Waals surface area contributed by atoms with Crippen molar-refractivity contribution in [3.8, 4) is 5.75 Å². The second-order valence-electron chi connectivity index (χ2n) is 5.59. The summed E-state index contributed by atoms with van der Waals surface area (Å²) >= 11 is 0. The van der Waals surface area contributed by atoms with E-state index in [0.717, 1.165) is 11.8 Å². The van der Waals surface area contributed by atoms with Gasteiger partial charge in [-0.15, -0.1) is 0 Å². The molecule has 3 amide bonds. The van der Waals surface area contributed by atoms with Crippen molar-refractivity contribution < 1.29 is 24.2 Å². The predicted octanol–water partition coefficient (Wildman–Crippen LogP) is 2.33. The summed E-state index contributed by atoms with van der Waals surface area (Å²) in [6.07, 6.45) is 0.720. The minimum absolute atomic E-state index is 0.0458. The van der Waals surface area contributed by atoms with Crippen LogP contribution in [0.25, 0.3) is 10.8 Å². The molecule has 0 spiro atoms. The molecule has 0 saturated carbocycles. The number of carbonyl (C=O) groups is 3. The van der Waals surface area contributed by atoms with E-state index in [0.29, 0.717) is 5.39 Å². The van der Waals surface area contributed by atoms with E-state index in [4.69, 9.17) is 4.74 Å². The van der Waals surface area contributed by atoms with Crippen LogP contribution in [0.5, 0.6) is 5.75 Å². The van der Waals surface area contributed by atoms with Crippen LogP contribution < -0.4 is 10.6 Å². The van der Waals surface area contributed by atoms with Gasteiger partial charge in [-0.05, 0) is 24.8 Å². The molecule has 0 radical (unpaired) electrons. The highest BCUT2D eigenvalue weighted by atomic mass is 16.5. The number of rotatable bonds is 5. The molecule has 7 nitrogen and oxygen atoms in total. The summed E-state index contributed by atoms with van der Waals surface area (Å²) < 4.78 is 4.86. The van der Waals surface area contributed by atoms with E-state index in [2.05, 4.69) is 10.6 Å². The van der Waals surface area contributed by atoms with Crippen LogP contribution in [0, 0.1) is 0 Å². The van der Waals surface area contributed by atoms with Crippen molar-refractivity contribution in [3.05, 3.63) is 42.0 Å². The van der Waals surface area contributed by atoms with E-state index in [1.165, 1.54) is 6.07 Å². The minimum Gasteiger partial charge on any atom is -0.506 e. The fraction of sp³-hybridized carbons (Fsp3) is 0.278. The van der Waals surface area contributed by atoms with Gasteiger partial charge < -0.3 is 15.2 Å². The van der Waals surface area contributed by atoms with Crippen LogP contribution in [-0.2, 0) is 9.53 Å². The van der Waals surface area contributed by atoms with Crippen LogP contribution in [0.15, 0.2) is 36.4 Å². The summed E-state index contributed by atoms with van der Waals surface area (Å²) in [5.74, 6) is -1.81. The highest BCUT2D eigenvalue weighted by Gasteiger charge is 2.17. The summed E-state index contributed by atoms with van der Waals surface area (Å²) in [5, 5.41) is 16.1. The van der Waals surface area contributed by atoms with Crippen LogP contribution in [0.1, 0.15) is 30.6 Å². The number of aromatic hydroxyl groups is 1. The zero-order valence-corrected chi connectivity index (χ0v) is 14.0. The SMILES string of the molecule is CC[C@@H](C)NC(=O)NC(=O)COC(=O)c1ccc2ccccc2c1O. The van der Waals surface area contributed by atoms with Gasteiger partial charge in [0.05, 0.1) is 0 Å². The number of amides is 3. The van der Waals surface area contributed by atoms with Crippen LogP contribution in [0.2, 0.25) is 0 Å². The fourth-order valence-corrected chi connectivity index (χ4v) is 2.15. The summed E-state index contributed by atoms with van der Waals surface area (Å²) in [5.41, 5.74) is -0.0458. The lowest BCUT2D eigenvalue weighted by molar-refractivity contribution is -0.123. The first kappa shape index (κ1) is 18.3. The fourth-order valence-electron chi connectivity index (χ4n) is 2.15. The Morgan fingerprint density at radius 2 is 1.88 bits per heavy atom. The van der Waals surface area contributed by atoms with Gasteiger partial charge in [0.1, 0.15) is 11.3 Å². The number of hydrogen-bond donors (Lipinski definition) is 3. The Balaban J connectivity index is 1.95. The second-order valence-corrected chi connectivity index (χ2v) is 5.59. The number of esters is 1. The quantitative estimate of drug-likeness (QED) is 0.722. The maximum Gasteiger partial charge on any atom is 0.342 e. The number of fused-ring (bicyclic) bond motifs is 1. The molecule has 2 rings (SSSR count). The lowest BCUT2D eigenvalue weighted by atomic mass is 10.1. The maximum absolute atomic E-state index is 12.1.